The summed E-state index contributed by atoms with van der Waals surface area (Å²) >= 11 is 0. The van der Waals surface area contributed by atoms with Crippen LogP contribution >= 0.6 is 0 Å². The highest BCUT2D eigenvalue weighted by molar-refractivity contribution is 6.62. The van der Waals surface area contributed by atoms with Crippen LogP contribution in [0.15, 0.2) is 60.1 Å². The molecule has 0 N–H and O–H groups in total. The lowest BCUT2D eigenvalue weighted by Gasteiger charge is -2.35. The van der Waals surface area contributed by atoms with Gasteiger partial charge in [0.25, 0.3) is 0 Å². The van der Waals surface area contributed by atoms with Crippen molar-refractivity contribution in [3.05, 3.63) is 71.3 Å². The molecular weight excluding hydrogens is 434 g/mol. The number of hydrogen-bond donors (Lipinski definition) is 0. The summed E-state index contributed by atoms with van der Waals surface area (Å²) in [6, 6.07) is 6.34. The quantitative estimate of drug-likeness (QED) is 0.338. The summed E-state index contributed by atoms with van der Waals surface area (Å²) in [6.45, 7) is 24.9. The summed E-state index contributed by atoms with van der Waals surface area (Å²) in [5.74, 6) is 0. The average molecular weight is 476 g/mol. The highest BCUT2D eigenvalue weighted by Crippen LogP contribution is 2.41. The van der Waals surface area contributed by atoms with Gasteiger partial charge in [0, 0.05) is 0 Å². The van der Waals surface area contributed by atoms with E-state index in [-0.39, 0.29) is 29.5 Å². The summed E-state index contributed by atoms with van der Waals surface area (Å²) in [7, 11) is -0.800. The molecule has 2 aliphatic heterocycles. The standard InChI is InChI=1S/C29H42B2O4/c1-12-15-24(31-34-28(9,10)29(11,14-3)35-31)20-22(13-2)19-23-16-17-25(18-21(23)4)30-32-26(5,6)27(7,8)33-30/h12-13,15-20H,2,14H2,1,3-11H3/b15-12-,22-19+,24-20+. The summed E-state index contributed by atoms with van der Waals surface area (Å²) < 4.78 is 25.2. The molecule has 0 amide bonds. The van der Waals surface area contributed by atoms with Gasteiger partial charge in [0.2, 0.25) is 0 Å². The van der Waals surface area contributed by atoms with Crippen LogP contribution in [0.25, 0.3) is 6.08 Å². The second-order valence-electron chi connectivity index (χ2n) is 11.4. The number of aryl methyl sites for hydroxylation is 1. The Hall–Kier alpha value is -1.85. The molecule has 4 nitrogen and oxygen atoms in total. The molecule has 0 aromatic heterocycles. The van der Waals surface area contributed by atoms with Gasteiger partial charge < -0.3 is 18.6 Å². The Kier molecular flexibility index (Phi) is 7.84. The van der Waals surface area contributed by atoms with E-state index in [1.54, 1.807) is 0 Å². The van der Waals surface area contributed by atoms with Gasteiger partial charge in [-0.05, 0) is 102 Å². The third kappa shape index (κ3) is 5.46. The van der Waals surface area contributed by atoms with Crippen LogP contribution in [-0.4, -0.2) is 36.6 Å². The Labute approximate surface area is 213 Å². The van der Waals surface area contributed by atoms with Crippen molar-refractivity contribution >= 4 is 25.8 Å². The molecule has 1 aromatic rings. The third-order valence-corrected chi connectivity index (χ3v) is 8.06. The Morgan fingerprint density at radius 2 is 1.57 bits per heavy atom. The smallest absolute Gasteiger partial charge is 0.399 e. The van der Waals surface area contributed by atoms with Gasteiger partial charge in [-0.2, -0.15) is 0 Å². The molecule has 2 heterocycles. The van der Waals surface area contributed by atoms with Crippen molar-refractivity contribution in [1.82, 2.24) is 0 Å². The van der Waals surface area contributed by atoms with E-state index < -0.39 is 7.12 Å². The van der Waals surface area contributed by atoms with Gasteiger partial charge in [0.05, 0.1) is 22.4 Å². The third-order valence-electron chi connectivity index (χ3n) is 8.06. The minimum Gasteiger partial charge on any atom is -0.399 e. The molecule has 2 aliphatic rings. The Balaban J connectivity index is 1.89. The lowest BCUT2D eigenvalue weighted by Crippen LogP contribution is -2.44. The van der Waals surface area contributed by atoms with Crippen LogP contribution in [0, 0.1) is 6.92 Å². The topological polar surface area (TPSA) is 36.9 Å². The largest absolute Gasteiger partial charge is 0.494 e. The first-order valence-corrected chi connectivity index (χ1v) is 12.7. The van der Waals surface area contributed by atoms with E-state index in [1.165, 1.54) is 0 Å². The number of allylic oxidation sites excluding steroid dienone is 6. The zero-order valence-electron chi connectivity index (χ0n) is 23.3. The number of hydrogen-bond acceptors (Lipinski definition) is 4. The second kappa shape index (κ2) is 9.89. The van der Waals surface area contributed by atoms with Crippen molar-refractivity contribution in [3.63, 3.8) is 0 Å². The van der Waals surface area contributed by atoms with Gasteiger partial charge in [-0.1, -0.05) is 56.0 Å². The summed E-state index contributed by atoms with van der Waals surface area (Å²) in [5, 5.41) is 0. The van der Waals surface area contributed by atoms with Gasteiger partial charge in [-0.25, -0.2) is 0 Å². The molecule has 1 unspecified atom stereocenters. The second-order valence-corrected chi connectivity index (χ2v) is 11.4. The first-order chi connectivity index (χ1) is 16.2. The molecule has 2 fully saturated rings. The van der Waals surface area contributed by atoms with E-state index in [2.05, 4.69) is 99.2 Å². The van der Waals surface area contributed by atoms with E-state index in [9.17, 15) is 0 Å². The van der Waals surface area contributed by atoms with E-state index >= 15 is 0 Å². The SMILES string of the molecule is C=CC(/C=C(\C=C/C)B1OC(C)(C)C(C)(CC)O1)=C\c1ccc(B2OC(C)(C)C(C)(C)O2)cc1C. The van der Waals surface area contributed by atoms with Gasteiger partial charge in [-0.3, -0.25) is 0 Å². The van der Waals surface area contributed by atoms with Crippen molar-refractivity contribution in [2.75, 3.05) is 0 Å². The molecular formula is C29H42B2O4. The van der Waals surface area contributed by atoms with Crippen LogP contribution in [-0.2, 0) is 18.6 Å². The normalized spacial score (nSPS) is 26.1. The van der Waals surface area contributed by atoms with Crippen molar-refractivity contribution < 1.29 is 18.6 Å². The Morgan fingerprint density at radius 3 is 2.06 bits per heavy atom. The molecule has 0 aliphatic carbocycles. The van der Waals surface area contributed by atoms with Gasteiger partial charge in [0.15, 0.2) is 0 Å². The minimum absolute atomic E-state index is 0.351. The molecule has 188 valence electrons. The predicted octanol–water partition coefficient (Wildman–Crippen LogP) is 6.39. The summed E-state index contributed by atoms with van der Waals surface area (Å²) in [5.41, 5.74) is 3.78. The van der Waals surface area contributed by atoms with Crippen LogP contribution in [0.4, 0.5) is 0 Å². The molecule has 1 aromatic carbocycles. The number of benzene rings is 1. The van der Waals surface area contributed by atoms with Crippen LogP contribution in [0.1, 0.15) is 79.9 Å². The highest BCUT2D eigenvalue weighted by atomic mass is 16.7. The van der Waals surface area contributed by atoms with E-state index in [4.69, 9.17) is 18.6 Å². The first kappa shape index (κ1) is 27.7. The summed E-state index contributed by atoms with van der Waals surface area (Å²) in [4.78, 5) is 0. The first-order valence-electron chi connectivity index (χ1n) is 12.7. The fourth-order valence-electron chi connectivity index (χ4n) is 4.34. The highest BCUT2D eigenvalue weighted by Gasteiger charge is 2.54. The molecule has 35 heavy (non-hydrogen) atoms. The van der Waals surface area contributed by atoms with E-state index in [1.807, 2.05) is 25.2 Å². The lowest BCUT2D eigenvalue weighted by atomic mass is 9.76. The van der Waals surface area contributed by atoms with E-state index in [0.29, 0.717) is 0 Å². The fraction of sp³-hybridized carbons (Fsp3) is 0.517. The molecule has 0 saturated carbocycles. The average Bonchev–Trinajstić information content (AvgIpc) is 3.15. The zero-order valence-corrected chi connectivity index (χ0v) is 23.3. The van der Waals surface area contributed by atoms with Crippen molar-refractivity contribution in [1.29, 1.82) is 0 Å². The lowest BCUT2D eigenvalue weighted by molar-refractivity contribution is -0.0118. The summed E-state index contributed by atoms with van der Waals surface area (Å²) in [6.07, 6.45) is 11.0. The molecule has 0 spiro atoms. The van der Waals surface area contributed by atoms with Crippen LogP contribution < -0.4 is 5.46 Å². The number of rotatable bonds is 7. The zero-order chi connectivity index (χ0) is 26.2. The molecule has 2 saturated heterocycles. The molecule has 3 rings (SSSR count). The van der Waals surface area contributed by atoms with Crippen molar-refractivity contribution in [2.24, 2.45) is 0 Å². The van der Waals surface area contributed by atoms with Gasteiger partial charge in [-0.15, -0.1) is 0 Å². The Morgan fingerprint density at radius 1 is 0.943 bits per heavy atom. The Bertz CT molecular complexity index is 1030. The molecule has 0 radical (unpaired) electrons. The van der Waals surface area contributed by atoms with Crippen LogP contribution in [0.5, 0.6) is 0 Å². The maximum absolute atomic E-state index is 6.42. The predicted molar refractivity (Wildman–Crippen MR) is 149 cm³/mol. The maximum Gasteiger partial charge on any atom is 0.494 e. The fourth-order valence-corrected chi connectivity index (χ4v) is 4.34. The van der Waals surface area contributed by atoms with Gasteiger partial charge >= 0.3 is 14.2 Å². The minimum atomic E-state index is -0.429. The van der Waals surface area contributed by atoms with E-state index in [0.717, 1.165) is 34.1 Å². The molecule has 6 heteroatoms. The monoisotopic (exact) mass is 476 g/mol. The van der Waals surface area contributed by atoms with Crippen molar-refractivity contribution in [2.45, 2.75) is 98.1 Å². The van der Waals surface area contributed by atoms with Crippen molar-refractivity contribution in [3.8, 4) is 0 Å². The van der Waals surface area contributed by atoms with Gasteiger partial charge in [0.1, 0.15) is 0 Å². The maximum atomic E-state index is 6.42. The molecule has 1 atom stereocenters. The van der Waals surface area contributed by atoms with Crippen LogP contribution in [0.3, 0.4) is 0 Å². The van der Waals surface area contributed by atoms with Crippen LogP contribution in [0.2, 0.25) is 0 Å². The molecule has 0 bridgehead atoms.